The summed E-state index contributed by atoms with van der Waals surface area (Å²) in [4.78, 5) is 37.2. The number of aromatic hydroxyl groups is 2. The molecule has 174 valence electrons. The van der Waals surface area contributed by atoms with Gasteiger partial charge in [-0.15, -0.1) is 0 Å². The Kier molecular flexibility index (Phi) is 5.81. The normalized spacial score (nSPS) is 19.7. The van der Waals surface area contributed by atoms with Crippen molar-refractivity contribution in [1.29, 1.82) is 0 Å². The molecular formula is C21H23BN2O9. The number of carbonyl (C=O) groups is 2. The van der Waals surface area contributed by atoms with E-state index in [9.17, 15) is 39.8 Å². The van der Waals surface area contributed by atoms with Crippen molar-refractivity contribution in [3.05, 3.63) is 51.4 Å². The van der Waals surface area contributed by atoms with Crippen LogP contribution >= 0.6 is 0 Å². The molecule has 0 bridgehead atoms. The van der Waals surface area contributed by atoms with E-state index in [0.29, 0.717) is 12.0 Å². The Morgan fingerprint density at radius 1 is 1.15 bits per heavy atom. The number of nitrogens with zero attached hydrogens (tertiary/aromatic N) is 2. The van der Waals surface area contributed by atoms with E-state index in [2.05, 4.69) is 0 Å². The summed E-state index contributed by atoms with van der Waals surface area (Å²) >= 11 is 0. The monoisotopic (exact) mass is 458 g/mol. The number of amides is 1. The van der Waals surface area contributed by atoms with Gasteiger partial charge in [0.2, 0.25) is 11.3 Å². The zero-order valence-corrected chi connectivity index (χ0v) is 17.7. The van der Waals surface area contributed by atoms with Crippen molar-refractivity contribution in [3.63, 3.8) is 0 Å². The molecule has 12 heteroatoms. The predicted molar refractivity (Wildman–Crippen MR) is 114 cm³/mol. The second-order valence-electron chi connectivity index (χ2n) is 8.38. The molecule has 4 rings (SSSR count). The summed E-state index contributed by atoms with van der Waals surface area (Å²) in [6.07, 6.45) is 1.37. The van der Waals surface area contributed by atoms with Gasteiger partial charge in [0.15, 0.2) is 5.75 Å². The van der Waals surface area contributed by atoms with Crippen LogP contribution in [0, 0.1) is 6.92 Å². The largest absolute Gasteiger partial charge is 0.507 e. The van der Waals surface area contributed by atoms with Gasteiger partial charge in [0.25, 0.3) is 0 Å². The van der Waals surface area contributed by atoms with Crippen molar-refractivity contribution >= 4 is 19.0 Å². The number of benzene rings is 1. The second-order valence-corrected chi connectivity index (χ2v) is 8.38. The summed E-state index contributed by atoms with van der Waals surface area (Å²) in [5.41, 5.74) is -0.336. The van der Waals surface area contributed by atoms with E-state index in [0.717, 1.165) is 0 Å². The Morgan fingerprint density at radius 2 is 1.85 bits per heavy atom. The zero-order chi connectivity index (χ0) is 24.0. The van der Waals surface area contributed by atoms with Crippen LogP contribution in [0.25, 0.3) is 0 Å². The predicted octanol–water partition coefficient (Wildman–Crippen LogP) is -0.114. The van der Waals surface area contributed by atoms with Crippen LogP contribution in [0.4, 0.5) is 0 Å². The summed E-state index contributed by atoms with van der Waals surface area (Å²) < 4.78 is 7.18. The fourth-order valence-corrected chi connectivity index (χ4v) is 4.07. The smallest absolute Gasteiger partial charge is 0.455 e. The lowest BCUT2D eigenvalue weighted by atomic mass is 9.81. The summed E-state index contributed by atoms with van der Waals surface area (Å²) in [6, 6.07) is 4.11. The molecule has 2 aliphatic rings. The SMILES string of the molecule is Cc1c(O)c(=O)ccn1CC(=O)N1CC(Oc2ccc(C3CC3B(O)O)c(O)c2C(=O)O)C1. The zero-order valence-electron chi connectivity index (χ0n) is 17.7. The molecule has 2 fully saturated rings. The molecular weight excluding hydrogens is 435 g/mol. The average molecular weight is 458 g/mol. The Labute approximate surface area is 188 Å². The van der Waals surface area contributed by atoms with E-state index < -0.39 is 47.5 Å². The number of aromatic nitrogens is 1. The van der Waals surface area contributed by atoms with Crippen LogP contribution in [-0.4, -0.2) is 73.0 Å². The van der Waals surface area contributed by atoms with Crippen molar-refractivity contribution in [2.45, 2.75) is 37.7 Å². The molecule has 1 saturated heterocycles. The van der Waals surface area contributed by atoms with E-state index in [1.165, 1.54) is 40.8 Å². The molecule has 1 saturated carbocycles. The van der Waals surface area contributed by atoms with E-state index in [1.54, 1.807) is 0 Å². The van der Waals surface area contributed by atoms with E-state index in [4.69, 9.17) is 4.74 Å². The van der Waals surface area contributed by atoms with Crippen molar-refractivity contribution in [2.24, 2.45) is 0 Å². The number of rotatable bonds is 7. The molecule has 1 amide bonds. The first-order valence-electron chi connectivity index (χ1n) is 10.4. The first kappa shape index (κ1) is 22.7. The minimum Gasteiger partial charge on any atom is -0.507 e. The number of carbonyl (C=O) groups excluding carboxylic acids is 1. The van der Waals surface area contributed by atoms with Crippen LogP contribution < -0.4 is 10.2 Å². The van der Waals surface area contributed by atoms with Crippen LogP contribution in [0.5, 0.6) is 17.2 Å². The molecule has 11 nitrogen and oxygen atoms in total. The quantitative estimate of drug-likeness (QED) is 0.355. The van der Waals surface area contributed by atoms with Gasteiger partial charge in [0.05, 0.1) is 18.8 Å². The topological polar surface area (TPSA) is 170 Å². The molecule has 1 aliphatic heterocycles. The van der Waals surface area contributed by atoms with Crippen molar-refractivity contribution in [3.8, 4) is 17.2 Å². The molecule has 2 heterocycles. The fourth-order valence-electron chi connectivity index (χ4n) is 4.07. The first-order valence-corrected chi connectivity index (χ1v) is 10.4. The van der Waals surface area contributed by atoms with Gasteiger partial charge in [-0.25, -0.2) is 4.79 Å². The molecule has 0 radical (unpaired) electrons. The number of likely N-dealkylation sites (tertiary alicyclic amines) is 1. The minimum absolute atomic E-state index is 0.0382. The molecule has 5 N–H and O–H groups in total. The van der Waals surface area contributed by atoms with Gasteiger partial charge in [-0.1, -0.05) is 6.07 Å². The maximum atomic E-state index is 12.5. The van der Waals surface area contributed by atoms with Gasteiger partial charge in [-0.3, -0.25) is 9.59 Å². The number of ether oxygens (including phenoxy) is 1. The van der Waals surface area contributed by atoms with Gasteiger partial charge < -0.3 is 39.6 Å². The van der Waals surface area contributed by atoms with Gasteiger partial charge >= 0.3 is 13.1 Å². The molecule has 0 spiro atoms. The molecule has 2 atom stereocenters. The molecule has 2 unspecified atom stereocenters. The van der Waals surface area contributed by atoms with Crippen LogP contribution in [0.1, 0.15) is 34.0 Å². The number of phenols is 1. The van der Waals surface area contributed by atoms with Crippen molar-refractivity contribution in [2.75, 3.05) is 13.1 Å². The van der Waals surface area contributed by atoms with E-state index in [-0.39, 0.29) is 42.9 Å². The number of hydrogen-bond donors (Lipinski definition) is 5. The maximum absolute atomic E-state index is 12.5. The van der Waals surface area contributed by atoms with Crippen molar-refractivity contribution < 1.29 is 39.7 Å². The number of carboxylic acid groups (broad SMARTS) is 1. The lowest BCUT2D eigenvalue weighted by molar-refractivity contribution is -0.140. The highest BCUT2D eigenvalue weighted by Crippen LogP contribution is 2.56. The van der Waals surface area contributed by atoms with Crippen molar-refractivity contribution in [1.82, 2.24) is 9.47 Å². The van der Waals surface area contributed by atoms with Gasteiger partial charge in [-0.2, -0.15) is 0 Å². The first-order chi connectivity index (χ1) is 15.6. The van der Waals surface area contributed by atoms with Crippen LogP contribution in [0.15, 0.2) is 29.2 Å². The number of pyridine rings is 1. The van der Waals surface area contributed by atoms with Crippen LogP contribution in [0.3, 0.4) is 0 Å². The second kappa shape index (κ2) is 8.45. The standard InChI is InChI=1S/C21H23BN2O9/c1-10-19(27)15(25)4-5-23(10)9-17(26)24-7-11(8-24)33-16-3-2-12(13-6-14(13)22(31)32)20(28)18(16)21(29)30/h2-5,11,13-14,27-28,31-32H,6-9H2,1H3,(H,29,30). The van der Waals surface area contributed by atoms with Crippen LogP contribution in [0.2, 0.25) is 5.82 Å². The summed E-state index contributed by atoms with van der Waals surface area (Å²) in [5.74, 6) is -3.36. The molecule has 33 heavy (non-hydrogen) atoms. The summed E-state index contributed by atoms with van der Waals surface area (Å²) in [6.45, 7) is 1.85. The molecule has 1 aliphatic carbocycles. The minimum atomic E-state index is -1.54. The van der Waals surface area contributed by atoms with Crippen LogP contribution in [-0.2, 0) is 11.3 Å². The maximum Gasteiger partial charge on any atom is 0.455 e. The summed E-state index contributed by atoms with van der Waals surface area (Å²) in [5, 5.41) is 48.4. The average Bonchev–Trinajstić information content (AvgIpc) is 3.51. The number of hydrogen-bond acceptors (Lipinski definition) is 8. The van der Waals surface area contributed by atoms with E-state index >= 15 is 0 Å². The van der Waals surface area contributed by atoms with Gasteiger partial charge in [0, 0.05) is 18.1 Å². The Hall–Kier alpha value is -3.51. The lowest BCUT2D eigenvalue weighted by Gasteiger charge is -2.39. The Bertz CT molecular complexity index is 1170. The van der Waals surface area contributed by atoms with Gasteiger partial charge in [-0.05, 0) is 30.9 Å². The Morgan fingerprint density at radius 3 is 2.45 bits per heavy atom. The van der Waals surface area contributed by atoms with Gasteiger partial charge in [0.1, 0.15) is 29.7 Å². The molecule has 1 aromatic heterocycles. The molecule has 1 aromatic carbocycles. The highest BCUT2D eigenvalue weighted by molar-refractivity contribution is 6.44. The summed E-state index contributed by atoms with van der Waals surface area (Å²) in [7, 11) is -1.54. The third-order valence-corrected chi connectivity index (χ3v) is 6.22. The number of aromatic carboxylic acids is 1. The lowest BCUT2D eigenvalue weighted by Crippen LogP contribution is -2.57. The highest BCUT2D eigenvalue weighted by atomic mass is 16.5. The Balaban J connectivity index is 1.40. The highest BCUT2D eigenvalue weighted by Gasteiger charge is 2.48. The third kappa shape index (κ3) is 4.26. The molecule has 2 aromatic rings. The fraction of sp³-hybridized carbons (Fsp3) is 0.381. The third-order valence-electron chi connectivity index (χ3n) is 6.22. The van der Waals surface area contributed by atoms with E-state index in [1.807, 2.05) is 0 Å². The number of carboxylic acids is 1.